The van der Waals surface area contributed by atoms with E-state index in [9.17, 15) is 29.7 Å². The van der Waals surface area contributed by atoms with Crippen molar-refractivity contribution in [1.82, 2.24) is 4.57 Å². The van der Waals surface area contributed by atoms with Gasteiger partial charge in [0.25, 0.3) is 0 Å². The van der Waals surface area contributed by atoms with Crippen LogP contribution in [0.3, 0.4) is 0 Å². The first-order valence-corrected chi connectivity index (χ1v) is 13.1. The number of anilines is 1. The van der Waals surface area contributed by atoms with E-state index >= 15 is 0 Å². The third-order valence-corrected chi connectivity index (χ3v) is 6.67. The molecule has 0 radical (unpaired) electrons. The van der Waals surface area contributed by atoms with Crippen molar-refractivity contribution in [3.63, 3.8) is 0 Å². The molecule has 0 saturated carbocycles. The Morgan fingerprint density at radius 1 is 0.884 bits per heavy atom. The summed E-state index contributed by atoms with van der Waals surface area (Å²) < 4.78 is 33.7. The Labute approximate surface area is 251 Å². The lowest BCUT2D eigenvalue weighted by molar-refractivity contribution is -0.268. The lowest BCUT2D eigenvalue weighted by Crippen LogP contribution is -2.60. The van der Waals surface area contributed by atoms with Crippen molar-refractivity contribution in [3.05, 3.63) is 40.0 Å². The maximum Gasteiger partial charge on any atom is 0.303 e. The lowest BCUT2D eigenvalue weighted by atomic mass is 9.94. The van der Waals surface area contributed by atoms with Gasteiger partial charge in [-0.3, -0.25) is 23.7 Å². The number of nitrogens with two attached hydrogens (primary N) is 1. The summed E-state index contributed by atoms with van der Waals surface area (Å²) in [5, 5.41) is 20.4. The van der Waals surface area contributed by atoms with Crippen LogP contribution in [0.1, 0.15) is 45.0 Å². The predicted octanol–water partition coefficient (Wildman–Crippen LogP) is 2.47. The molecule has 15 heteroatoms. The monoisotopic (exact) mass is 612 g/mol. The van der Waals surface area contributed by atoms with Crippen LogP contribution in [-0.2, 0) is 42.9 Å². The molecular weight excluding hydrogens is 584 g/mol. The molecule has 5 atom stereocenters. The number of carbonyl (C=O) groups excluding carboxylic acids is 4. The minimum Gasteiger partial charge on any atom is -0.497 e. The Kier molecular flexibility index (Phi) is 10.4. The van der Waals surface area contributed by atoms with Crippen LogP contribution in [0.5, 0.6) is 5.75 Å². The maximum atomic E-state index is 12.3. The molecule has 226 valence electrons. The average Bonchev–Trinajstić information content (AvgIpc) is 2.94. The number of hydrogen-bond donors (Lipinski definition) is 1. The molecule has 1 aliphatic heterocycles. The van der Waals surface area contributed by atoms with E-state index in [-0.39, 0.29) is 27.1 Å². The average molecular weight is 613 g/mol. The highest BCUT2D eigenvalue weighted by molar-refractivity contribution is 7.71. The molecule has 1 fully saturated rings. The maximum absolute atomic E-state index is 12.3. The minimum atomic E-state index is -1.57. The molecule has 1 aromatic heterocycles. The first-order chi connectivity index (χ1) is 20.3. The summed E-state index contributed by atoms with van der Waals surface area (Å²) in [6.45, 7) is 3.88. The molecule has 0 amide bonds. The topological polar surface area (TPSA) is 202 Å². The number of methoxy groups -OCH3 is 1. The third kappa shape index (κ3) is 7.09. The van der Waals surface area contributed by atoms with Crippen molar-refractivity contribution >= 4 is 41.9 Å². The van der Waals surface area contributed by atoms with Crippen molar-refractivity contribution in [3.8, 4) is 29.0 Å². The molecule has 0 unspecified atom stereocenters. The van der Waals surface area contributed by atoms with E-state index < -0.39 is 61.1 Å². The Balaban J connectivity index is 2.35. The Hall–Kier alpha value is -4.99. The number of carbonyl (C=O) groups is 4. The van der Waals surface area contributed by atoms with Gasteiger partial charge in [0, 0.05) is 33.3 Å². The largest absolute Gasteiger partial charge is 0.497 e. The van der Waals surface area contributed by atoms with Crippen LogP contribution >= 0.6 is 12.2 Å². The van der Waals surface area contributed by atoms with Crippen LogP contribution in [0.2, 0.25) is 0 Å². The molecule has 2 aromatic rings. The van der Waals surface area contributed by atoms with Crippen LogP contribution in [0.25, 0.3) is 11.1 Å². The zero-order valence-corrected chi connectivity index (χ0v) is 24.6. The molecule has 2 N–H and O–H groups in total. The van der Waals surface area contributed by atoms with Gasteiger partial charge in [0.2, 0.25) is 0 Å². The van der Waals surface area contributed by atoms with Crippen LogP contribution in [0.15, 0.2) is 24.3 Å². The van der Waals surface area contributed by atoms with E-state index in [0.717, 1.165) is 32.3 Å². The zero-order valence-electron chi connectivity index (χ0n) is 23.8. The van der Waals surface area contributed by atoms with Gasteiger partial charge in [-0.25, -0.2) is 0 Å². The normalized spacial score (nSPS) is 21.0. The number of nitrogen functional groups attached to an aromatic ring is 1. The van der Waals surface area contributed by atoms with Crippen molar-refractivity contribution in [2.24, 2.45) is 0 Å². The SMILES string of the molecule is COc1ccc(-c2c(C#N)c(N)n([C@@H]3O[C@@H](COC(C)=O)[C@H](OC(C)=O)[C@H](OC(C)=O)[C@@H]3OC(C)=O)c(=S)c2C#N)cc1. The molecule has 0 aliphatic carbocycles. The van der Waals surface area contributed by atoms with E-state index in [1.165, 1.54) is 7.11 Å². The van der Waals surface area contributed by atoms with Crippen LogP contribution in [0, 0.1) is 27.3 Å². The third-order valence-electron chi connectivity index (χ3n) is 6.27. The number of nitrogens with zero attached hydrogens (tertiary/aromatic N) is 3. The highest BCUT2D eigenvalue weighted by Crippen LogP contribution is 2.40. The van der Waals surface area contributed by atoms with E-state index in [2.05, 4.69) is 0 Å². The highest BCUT2D eigenvalue weighted by atomic mass is 32.1. The summed E-state index contributed by atoms with van der Waals surface area (Å²) in [6, 6.07) is 10.5. The minimum absolute atomic E-state index is 0.136. The number of aromatic nitrogens is 1. The van der Waals surface area contributed by atoms with Crippen molar-refractivity contribution in [2.45, 2.75) is 58.3 Å². The van der Waals surface area contributed by atoms with Gasteiger partial charge in [-0.05, 0) is 17.7 Å². The van der Waals surface area contributed by atoms with E-state index in [0.29, 0.717) is 11.3 Å². The van der Waals surface area contributed by atoms with Gasteiger partial charge in [0.15, 0.2) is 24.5 Å². The molecular formula is C28H28N4O10S. The van der Waals surface area contributed by atoms with Gasteiger partial charge in [0.05, 0.1) is 12.7 Å². The number of nitriles is 2. The number of esters is 4. The Morgan fingerprint density at radius 2 is 1.42 bits per heavy atom. The van der Waals surface area contributed by atoms with Crippen molar-refractivity contribution < 1.29 is 47.6 Å². The summed E-state index contributed by atoms with van der Waals surface area (Å²) in [6.07, 6.45) is -7.40. The Bertz CT molecular complexity index is 1570. The van der Waals surface area contributed by atoms with Crippen LogP contribution in [0.4, 0.5) is 5.82 Å². The van der Waals surface area contributed by atoms with Crippen LogP contribution < -0.4 is 10.5 Å². The van der Waals surface area contributed by atoms with Gasteiger partial charge in [-0.1, -0.05) is 24.4 Å². The fourth-order valence-electron chi connectivity index (χ4n) is 4.64. The zero-order chi connectivity index (χ0) is 32.0. The molecule has 1 saturated heterocycles. The second-order valence-electron chi connectivity index (χ2n) is 9.23. The molecule has 1 aromatic carbocycles. The summed E-state index contributed by atoms with van der Waals surface area (Å²) >= 11 is 5.67. The second-order valence-corrected chi connectivity index (χ2v) is 9.61. The van der Waals surface area contributed by atoms with Gasteiger partial charge in [-0.15, -0.1) is 0 Å². The second kappa shape index (κ2) is 13.8. The summed E-state index contributed by atoms with van der Waals surface area (Å²) in [4.78, 5) is 48.2. The van der Waals surface area contributed by atoms with E-state index in [1.807, 2.05) is 12.1 Å². The molecule has 14 nitrogen and oxygen atoms in total. The summed E-state index contributed by atoms with van der Waals surface area (Å²) in [5.74, 6) is -2.96. The number of rotatable bonds is 8. The molecule has 0 bridgehead atoms. The molecule has 3 rings (SSSR count). The molecule has 1 aliphatic rings. The molecule has 2 heterocycles. The molecule has 43 heavy (non-hydrogen) atoms. The first kappa shape index (κ1) is 32.5. The van der Waals surface area contributed by atoms with Crippen molar-refractivity contribution in [2.75, 3.05) is 19.5 Å². The van der Waals surface area contributed by atoms with Gasteiger partial charge < -0.3 is 34.2 Å². The van der Waals surface area contributed by atoms with Crippen molar-refractivity contribution in [1.29, 1.82) is 10.5 Å². The number of benzene rings is 1. The standard InChI is InChI=1S/C28H28N4O10S/c1-13(33)38-12-21-23(39-14(2)34)24(40-15(3)35)25(41-16(4)36)27(42-21)32-26(31)19(10-29)22(20(11-30)28(32)43)17-6-8-18(37-5)9-7-17/h6-9,21,23-25,27H,12,31H2,1-5H3/t21-,23-,24-,25-,27+/m0/s1. The van der Waals surface area contributed by atoms with E-state index in [1.54, 1.807) is 24.3 Å². The number of pyridine rings is 1. The fraction of sp³-hybridized carbons (Fsp3) is 0.393. The fourth-order valence-corrected chi connectivity index (χ4v) is 4.99. The van der Waals surface area contributed by atoms with Gasteiger partial charge in [0.1, 0.15) is 46.6 Å². The summed E-state index contributed by atoms with van der Waals surface area (Å²) in [7, 11) is 1.48. The quantitative estimate of drug-likeness (QED) is 0.259. The lowest BCUT2D eigenvalue weighted by Gasteiger charge is -2.45. The first-order valence-electron chi connectivity index (χ1n) is 12.7. The highest BCUT2D eigenvalue weighted by Gasteiger charge is 2.53. The smallest absolute Gasteiger partial charge is 0.303 e. The number of hydrogen-bond acceptors (Lipinski definition) is 14. The van der Waals surface area contributed by atoms with Crippen LogP contribution in [-0.4, -0.2) is 66.6 Å². The predicted molar refractivity (Wildman–Crippen MR) is 148 cm³/mol. The van der Waals surface area contributed by atoms with E-state index in [4.69, 9.17) is 46.4 Å². The number of ether oxygens (including phenoxy) is 6. The molecule has 0 spiro atoms. The Morgan fingerprint density at radius 3 is 1.91 bits per heavy atom. The van der Waals surface area contributed by atoms with Gasteiger partial charge >= 0.3 is 23.9 Å². The van der Waals surface area contributed by atoms with Gasteiger partial charge in [-0.2, -0.15) is 10.5 Å². The summed E-state index contributed by atoms with van der Waals surface area (Å²) in [5.41, 5.74) is 6.77.